The lowest BCUT2D eigenvalue weighted by atomic mass is 9.88. The van der Waals surface area contributed by atoms with Crippen molar-refractivity contribution in [2.24, 2.45) is 5.92 Å². The van der Waals surface area contributed by atoms with Gasteiger partial charge in [-0.05, 0) is 43.1 Å². The molecule has 1 aromatic heterocycles. The molecule has 1 aliphatic heterocycles. The van der Waals surface area contributed by atoms with Gasteiger partial charge in [0.2, 0.25) is 0 Å². The Morgan fingerprint density at radius 2 is 2.24 bits per heavy atom. The number of H-pyrrole nitrogens is 1. The Balaban J connectivity index is 1.95. The summed E-state index contributed by atoms with van der Waals surface area (Å²) < 4.78 is 0. The van der Waals surface area contributed by atoms with Crippen LogP contribution < -0.4 is 5.32 Å². The Hall–Kier alpha value is -1.35. The molecule has 0 aliphatic carbocycles. The van der Waals surface area contributed by atoms with E-state index in [9.17, 15) is 0 Å². The highest BCUT2D eigenvalue weighted by Crippen LogP contribution is 2.26. The molecule has 90 valence electrons. The van der Waals surface area contributed by atoms with E-state index in [1.807, 2.05) is 0 Å². The van der Waals surface area contributed by atoms with E-state index in [0.717, 1.165) is 36.8 Å². The second-order valence-corrected chi connectivity index (χ2v) is 5.03. The molecule has 2 aromatic rings. The fraction of sp³-hybridized carbons (Fsp3) is 0.500. The van der Waals surface area contributed by atoms with Crippen LogP contribution in [0.5, 0.6) is 0 Å². The molecule has 0 spiro atoms. The molecule has 1 saturated heterocycles. The standard InChI is InChI=1S/C14H19N3/c1-3-10-4-5-12-13(6-10)17-14(16-12)9(2)11-7-15-8-11/h4-6,9,11,15H,3,7-8H2,1-2H3,(H,16,17). The average Bonchev–Trinajstić information content (AvgIpc) is 2.68. The fourth-order valence-corrected chi connectivity index (χ4v) is 2.40. The molecule has 1 aliphatic rings. The quantitative estimate of drug-likeness (QED) is 0.848. The summed E-state index contributed by atoms with van der Waals surface area (Å²) >= 11 is 0. The normalized spacial score (nSPS) is 18.2. The maximum absolute atomic E-state index is 4.71. The van der Waals surface area contributed by atoms with E-state index in [4.69, 9.17) is 4.98 Å². The number of fused-ring (bicyclic) bond motifs is 1. The summed E-state index contributed by atoms with van der Waals surface area (Å²) in [5.41, 5.74) is 3.64. The zero-order chi connectivity index (χ0) is 11.8. The molecule has 1 aromatic carbocycles. The molecule has 3 rings (SSSR count). The van der Waals surface area contributed by atoms with Crippen LogP contribution in [0.2, 0.25) is 0 Å². The lowest BCUT2D eigenvalue weighted by molar-refractivity contribution is 0.297. The van der Waals surface area contributed by atoms with Crippen molar-refractivity contribution in [1.82, 2.24) is 15.3 Å². The largest absolute Gasteiger partial charge is 0.342 e. The smallest absolute Gasteiger partial charge is 0.110 e. The van der Waals surface area contributed by atoms with Crippen molar-refractivity contribution in [1.29, 1.82) is 0 Å². The molecule has 1 fully saturated rings. The van der Waals surface area contributed by atoms with Crippen molar-refractivity contribution in [2.75, 3.05) is 13.1 Å². The molecule has 1 atom stereocenters. The molecule has 0 saturated carbocycles. The molecule has 1 unspecified atom stereocenters. The third-order valence-corrected chi connectivity index (χ3v) is 3.92. The number of imidazole rings is 1. The van der Waals surface area contributed by atoms with Crippen LogP contribution in [-0.2, 0) is 6.42 Å². The third kappa shape index (κ3) is 1.84. The van der Waals surface area contributed by atoms with E-state index in [2.05, 4.69) is 42.3 Å². The van der Waals surface area contributed by atoms with E-state index in [-0.39, 0.29) is 0 Å². The van der Waals surface area contributed by atoms with E-state index in [1.165, 1.54) is 11.1 Å². The van der Waals surface area contributed by atoms with Crippen LogP contribution in [0, 0.1) is 5.92 Å². The van der Waals surface area contributed by atoms with Crippen LogP contribution in [0.15, 0.2) is 18.2 Å². The summed E-state index contributed by atoms with van der Waals surface area (Å²) in [6.45, 7) is 6.70. The minimum Gasteiger partial charge on any atom is -0.342 e. The van der Waals surface area contributed by atoms with Gasteiger partial charge >= 0.3 is 0 Å². The molecular weight excluding hydrogens is 210 g/mol. The number of aryl methyl sites for hydroxylation is 1. The van der Waals surface area contributed by atoms with Crippen LogP contribution >= 0.6 is 0 Å². The van der Waals surface area contributed by atoms with Gasteiger partial charge in [-0.15, -0.1) is 0 Å². The van der Waals surface area contributed by atoms with Crippen LogP contribution in [0.25, 0.3) is 11.0 Å². The number of benzene rings is 1. The SMILES string of the molecule is CCc1ccc2nc(C(C)C3CNC3)[nH]c2c1. The van der Waals surface area contributed by atoms with Gasteiger partial charge in [0.15, 0.2) is 0 Å². The van der Waals surface area contributed by atoms with Crippen molar-refractivity contribution in [3.63, 3.8) is 0 Å². The van der Waals surface area contributed by atoms with Gasteiger partial charge in [0, 0.05) is 5.92 Å². The van der Waals surface area contributed by atoms with E-state index in [1.54, 1.807) is 0 Å². The lowest BCUT2D eigenvalue weighted by Crippen LogP contribution is -2.44. The summed E-state index contributed by atoms with van der Waals surface area (Å²) in [6.07, 6.45) is 1.08. The van der Waals surface area contributed by atoms with Gasteiger partial charge < -0.3 is 10.3 Å². The first kappa shape index (κ1) is 10.8. The predicted molar refractivity (Wildman–Crippen MR) is 70.2 cm³/mol. The Morgan fingerprint density at radius 3 is 2.88 bits per heavy atom. The number of nitrogens with zero attached hydrogens (tertiary/aromatic N) is 1. The van der Waals surface area contributed by atoms with Gasteiger partial charge in [-0.25, -0.2) is 4.98 Å². The van der Waals surface area contributed by atoms with Crippen LogP contribution in [0.3, 0.4) is 0 Å². The molecular formula is C14H19N3. The van der Waals surface area contributed by atoms with Crippen molar-refractivity contribution in [3.8, 4) is 0 Å². The maximum Gasteiger partial charge on any atom is 0.110 e. The number of rotatable bonds is 3. The molecule has 0 amide bonds. The van der Waals surface area contributed by atoms with E-state index in [0.29, 0.717) is 5.92 Å². The number of aromatic nitrogens is 2. The second kappa shape index (κ2) is 4.15. The number of aromatic amines is 1. The Bertz CT molecular complexity index is 525. The van der Waals surface area contributed by atoms with E-state index >= 15 is 0 Å². The van der Waals surface area contributed by atoms with Gasteiger partial charge in [-0.3, -0.25) is 0 Å². The lowest BCUT2D eigenvalue weighted by Gasteiger charge is -2.31. The van der Waals surface area contributed by atoms with Gasteiger partial charge in [0.1, 0.15) is 5.82 Å². The first-order chi connectivity index (χ1) is 8.28. The summed E-state index contributed by atoms with van der Waals surface area (Å²) in [5, 5.41) is 3.32. The summed E-state index contributed by atoms with van der Waals surface area (Å²) in [6, 6.07) is 6.51. The highest BCUT2D eigenvalue weighted by atomic mass is 15.0. The van der Waals surface area contributed by atoms with Crippen molar-refractivity contribution in [3.05, 3.63) is 29.6 Å². The van der Waals surface area contributed by atoms with Gasteiger partial charge in [-0.1, -0.05) is 19.9 Å². The highest BCUT2D eigenvalue weighted by Gasteiger charge is 2.26. The monoisotopic (exact) mass is 229 g/mol. The zero-order valence-electron chi connectivity index (χ0n) is 10.5. The van der Waals surface area contributed by atoms with Crippen LogP contribution in [0.4, 0.5) is 0 Å². The van der Waals surface area contributed by atoms with E-state index < -0.39 is 0 Å². The summed E-state index contributed by atoms with van der Waals surface area (Å²) in [7, 11) is 0. The molecule has 0 radical (unpaired) electrons. The van der Waals surface area contributed by atoms with Crippen molar-refractivity contribution in [2.45, 2.75) is 26.2 Å². The fourth-order valence-electron chi connectivity index (χ4n) is 2.40. The number of hydrogen-bond donors (Lipinski definition) is 2. The average molecular weight is 229 g/mol. The zero-order valence-corrected chi connectivity index (χ0v) is 10.5. The highest BCUT2D eigenvalue weighted by molar-refractivity contribution is 5.76. The Labute approximate surface area is 102 Å². The predicted octanol–water partition coefficient (Wildman–Crippen LogP) is 2.45. The Morgan fingerprint density at radius 1 is 1.41 bits per heavy atom. The van der Waals surface area contributed by atoms with Gasteiger partial charge in [-0.2, -0.15) is 0 Å². The first-order valence-corrected chi connectivity index (χ1v) is 6.47. The first-order valence-electron chi connectivity index (χ1n) is 6.47. The molecule has 2 N–H and O–H groups in total. The molecule has 3 nitrogen and oxygen atoms in total. The van der Waals surface area contributed by atoms with Crippen LogP contribution in [-0.4, -0.2) is 23.1 Å². The summed E-state index contributed by atoms with van der Waals surface area (Å²) in [4.78, 5) is 8.19. The minimum absolute atomic E-state index is 0.522. The Kier molecular flexibility index (Phi) is 2.63. The minimum atomic E-state index is 0.522. The molecule has 2 heterocycles. The van der Waals surface area contributed by atoms with Gasteiger partial charge in [0.05, 0.1) is 11.0 Å². The van der Waals surface area contributed by atoms with Crippen molar-refractivity contribution >= 4 is 11.0 Å². The topological polar surface area (TPSA) is 40.7 Å². The number of nitrogens with one attached hydrogen (secondary N) is 2. The summed E-state index contributed by atoms with van der Waals surface area (Å²) in [5.74, 6) is 2.40. The van der Waals surface area contributed by atoms with Crippen molar-refractivity contribution < 1.29 is 0 Å². The number of hydrogen-bond acceptors (Lipinski definition) is 2. The maximum atomic E-state index is 4.71. The third-order valence-electron chi connectivity index (χ3n) is 3.92. The van der Waals surface area contributed by atoms with Gasteiger partial charge in [0.25, 0.3) is 0 Å². The van der Waals surface area contributed by atoms with Crippen LogP contribution in [0.1, 0.15) is 31.2 Å². The molecule has 0 bridgehead atoms. The molecule has 3 heteroatoms. The molecule has 17 heavy (non-hydrogen) atoms. The second-order valence-electron chi connectivity index (χ2n) is 5.03.